The Hall–Kier alpha value is -3.61. The lowest BCUT2D eigenvalue weighted by Gasteiger charge is -2.07. The van der Waals surface area contributed by atoms with Crippen LogP contribution in [0.3, 0.4) is 0 Å². The van der Waals surface area contributed by atoms with Gasteiger partial charge in [-0.3, -0.25) is 14.9 Å². The molecular weight excluding hydrogens is 360 g/mol. The minimum absolute atomic E-state index is 0.0279. The second-order valence-corrected chi connectivity index (χ2v) is 6.26. The topological polar surface area (TPSA) is 94.6 Å². The molecule has 0 bridgehead atoms. The molecular formula is C21H20N2O5. The molecule has 7 nitrogen and oxygen atoms in total. The number of nitro groups is 1. The van der Waals surface area contributed by atoms with Crippen LogP contribution < -0.4 is 10.1 Å². The summed E-state index contributed by atoms with van der Waals surface area (Å²) >= 11 is 0. The molecule has 1 amide bonds. The van der Waals surface area contributed by atoms with Gasteiger partial charge in [-0.05, 0) is 54.8 Å². The number of nitrogens with zero attached hydrogens (tertiary/aromatic N) is 1. The van der Waals surface area contributed by atoms with E-state index in [0.717, 1.165) is 12.2 Å². The Morgan fingerprint density at radius 3 is 2.54 bits per heavy atom. The van der Waals surface area contributed by atoms with Gasteiger partial charge in [0.25, 0.3) is 11.6 Å². The number of carbonyl (C=O) groups is 1. The van der Waals surface area contributed by atoms with E-state index in [4.69, 9.17) is 9.15 Å². The Balaban J connectivity index is 1.61. The summed E-state index contributed by atoms with van der Waals surface area (Å²) in [7, 11) is 0. The first kappa shape index (κ1) is 19.2. The minimum atomic E-state index is -0.479. The smallest absolute Gasteiger partial charge is 0.291 e. The molecule has 144 valence electrons. The maximum atomic E-state index is 12.4. The van der Waals surface area contributed by atoms with Gasteiger partial charge in [-0.1, -0.05) is 19.1 Å². The van der Waals surface area contributed by atoms with Crippen LogP contribution in [0.4, 0.5) is 11.4 Å². The van der Waals surface area contributed by atoms with Crippen molar-refractivity contribution in [3.05, 3.63) is 87.4 Å². The van der Waals surface area contributed by atoms with Gasteiger partial charge in [0.2, 0.25) is 0 Å². The van der Waals surface area contributed by atoms with Gasteiger partial charge in [0.15, 0.2) is 5.76 Å². The second-order valence-electron chi connectivity index (χ2n) is 6.26. The third kappa shape index (κ3) is 4.56. The van der Waals surface area contributed by atoms with Crippen molar-refractivity contribution in [2.45, 2.75) is 26.9 Å². The first-order valence-corrected chi connectivity index (χ1v) is 8.83. The SMILES string of the molecule is CCc1ccc(OCc2ccc(C(=O)Nc3ccc([N+](=O)[O-])cc3C)o2)cc1. The first-order valence-electron chi connectivity index (χ1n) is 8.83. The van der Waals surface area contributed by atoms with Crippen LogP contribution in [0.25, 0.3) is 0 Å². The summed E-state index contributed by atoms with van der Waals surface area (Å²) in [4.78, 5) is 22.7. The van der Waals surface area contributed by atoms with Crippen LogP contribution in [0.15, 0.2) is 59.0 Å². The van der Waals surface area contributed by atoms with E-state index in [-0.39, 0.29) is 18.1 Å². The summed E-state index contributed by atoms with van der Waals surface area (Å²) in [5.41, 5.74) is 2.28. The van der Waals surface area contributed by atoms with E-state index in [2.05, 4.69) is 12.2 Å². The van der Waals surface area contributed by atoms with Gasteiger partial charge in [0.05, 0.1) is 4.92 Å². The van der Waals surface area contributed by atoms with Crippen LogP contribution in [0.2, 0.25) is 0 Å². The van der Waals surface area contributed by atoms with E-state index in [1.54, 1.807) is 19.1 Å². The largest absolute Gasteiger partial charge is 0.486 e. The fourth-order valence-electron chi connectivity index (χ4n) is 2.64. The predicted octanol–water partition coefficient (Wildman–Crippen LogP) is 4.89. The van der Waals surface area contributed by atoms with Gasteiger partial charge in [0.1, 0.15) is 18.1 Å². The van der Waals surface area contributed by atoms with Crippen molar-refractivity contribution in [3.63, 3.8) is 0 Å². The Morgan fingerprint density at radius 1 is 1.14 bits per heavy atom. The molecule has 0 fully saturated rings. The van der Waals surface area contributed by atoms with Crippen LogP contribution in [-0.2, 0) is 13.0 Å². The van der Waals surface area contributed by atoms with Crippen LogP contribution in [0, 0.1) is 17.0 Å². The van der Waals surface area contributed by atoms with E-state index >= 15 is 0 Å². The van der Waals surface area contributed by atoms with Crippen LogP contribution in [0.5, 0.6) is 5.75 Å². The Bertz CT molecular complexity index is 992. The molecule has 28 heavy (non-hydrogen) atoms. The number of nitrogens with one attached hydrogen (secondary N) is 1. The zero-order valence-electron chi connectivity index (χ0n) is 15.6. The molecule has 0 atom stereocenters. The molecule has 0 spiro atoms. The highest BCUT2D eigenvalue weighted by atomic mass is 16.6. The van der Waals surface area contributed by atoms with Crippen molar-refractivity contribution in [3.8, 4) is 5.75 Å². The zero-order valence-corrected chi connectivity index (χ0v) is 15.6. The van der Waals surface area contributed by atoms with Crippen molar-refractivity contribution >= 4 is 17.3 Å². The monoisotopic (exact) mass is 380 g/mol. The zero-order chi connectivity index (χ0) is 20.1. The van der Waals surface area contributed by atoms with Crippen molar-refractivity contribution in [2.75, 3.05) is 5.32 Å². The fraction of sp³-hybridized carbons (Fsp3) is 0.190. The van der Waals surface area contributed by atoms with E-state index < -0.39 is 10.8 Å². The van der Waals surface area contributed by atoms with Crippen LogP contribution in [0.1, 0.15) is 34.4 Å². The van der Waals surface area contributed by atoms with Gasteiger partial charge in [0, 0.05) is 17.8 Å². The maximum absolute atomic E-state index is 12.4. The Morgan fingerprint density at radius 2 is 1.89 bits per heavy atom. The molecule has 0 aliphatic carbocycles. The van der Waals surface area contributed by atoms with Crippen molar-refractivity contribution in [2.24, 2.45) is 0 Å². The summed E-state index contributed by atoms with van der Waals surface area (Å²) in [6.07, 6.45) is 0.963. The molecule has 0 aliphatic rings. The molecule has 0 saturated heterocycles. The summed E-state index contributed by atoms with van der Waals surface area (Å²) in [6.45, 7) is 3.98. The average molecular weight is 380 g/mol. The lowest BCUT2D eigenvalue weighted by atomic mass is 10.2. The highest BCUT2D eigenvalue weighted by Gasteiger charge is 2.15. The molecule has 0 aliphatic heterocycles. The third-order valence-corrected chi connectivity index (χ3v) is 4.27. The van der Waals surface area contributed by atoms with Crippen LogP contribution >= 0.6 is 0 Å². The lowest BCUT2D eigenvalue weighted by Crippen LogP contribution is -2.12. The number of non-ortho nitro benzene ring substituents is 1. The van der Waals surface area contributed by atoms with Crippen molar-refractivity contribution in [1.82, 2.24) is 0 Å². The molecule has 7 heteroatoms. The first-order chi connectivity index (χ1) is 13.5. The second kappa shape index (κ2) is 8.39. The highest BCUT2D eigenvalue weighted by molar-refractivity contribution is 6.02. The van der Waals surface area contributed by atoms with Gasteiger partial charge in [-0.25, -0.2) is 0 Å². The van der Waals surface area contributed by atoms with Gasteiger partial charge in [-0.15, -0.1) is 0 Å². The number of aryl methyl sites for hydroxylation is 2. The van der Waals surface area contributed by atoms with Gasteiger partial charge < -0.3 is 14.5 Å². The number of hydrogen-bond donors (Lipinski definition) is 1. The van der Waals surface area contributed by atoms with E-state index in [0.29, 0.717) is 17.0 Å². The third-order valence-electron chi connectivity index (χ3n) is 4.27. The average Bonchev–Trinajstić information content (AvgIpc) is 3.17. The van der Waals surface area contributed by atoms with Gasteiger partial charge >= 0.3 is 0 Å². The predicted molar refractivity (Wildman–Crippen MR) is 105 cm³/mol. The van der Waals surface area contributed by atoms with Gasteiger partial charge in [-0.2, -0.15) is 0 Å². The van der Waals surface area contributed by atoms with Crippen molar-refractivity contribution < 1.29 is 18.9 Å². The Kier molecular flexibility index (Phi) is 5.74. The number of carbonyl (C=O) groups excluding carboxylic acids is 1. The number of ether oxygens (including phenoxy) is 1. The summed E-state index contributed by atoms with van der Waals surface area (Å²) in [5, 5.41) is 13.5. The van der Waals surface area contributed by atoms with Crippen LogP contribution in [-0.4, -0.2) is 10.8 Å². The number of anilines is 1. The molecule has 3 rings (SSSR count). The number of nitro benzene ring substituents is 1. The fourth-order valence-corrected chi connectivity index (χ4v) is 2.64. The normalized spacial score (nSPS) is 10.5. The number of amides is 1. The van der Waals surface area contributed by atoms with E-state index in [9.17, 15) is 14.9 Å². The number of rotatable bonds is 7. The molecule has 0 unspecified atom stereocenters. The minimum Gasteiger partial charge on any atom is -0.486 e. The number of furan rings is 1. The molecule has 3 aromatic rings. The number of benzene rings is 2. The lowest BCUT2D eigenvalue weighted by molar-refractivity contribution is -0.384. The molecule has 1 heterocycles. The molecule has 1 aromatic heterocycles. The molecule has 2 aromatic carbocycles. The molecule has 1 N–H and O–H groups in total. The Labute approximate surface area is 162 Å². The summed E-state index contributed by atoms with van der Waals surface area (Å²) < 4.78 is 11.2. The highest BCUT2D eigenvalue weighted by Crippen LogP contribution is 2.22. The summed E-state index contributed by atoms with van der Waals surface area (Å²) in [6, 6.07) is 15.3. The van der Waals surface area contributed by atoms with E-state index in [1.165, 1.54) is 23.8 Å². The standard InChI is InChI=1S/C21H20N2O5/c1-3-15-4-7-17(8-5-15)27-13-18-9-11-20(28-18)21(24)22-19-10-6-16(23(25)26)12-14(19)2/h4-12H,3,13H2,1-2H3,(H,22,24). The maximum Gasteiger partial charge on any atom is 0.291 e. The summed E-state index contributed by atoms with van der Waals surface area (Å²) in [5.74, 6) is 0.944. The number of hydrogen-bond acceptors (Lipinski definition) is 5. The van der Waals surface area contributed by atoms with Crippen molar-refractivity contribution in [1.29, 1.82) is 0 Å². The molecule has 0 radical (unpaired) electrons. The molecule has 0 saturated carbocycles. The quantitative estimate of drug-likeness (QED) is 0.465. The van der Waals surface area contributed by atoms with E-state index in [1.807, 2.05) is 24.3 Å².